The molecule has 0 aliphatic carbocycles. The molecule has 68 valence electrons. The summed E-state index contributed by atoms with van der Waals surface area (Å²) in [6.07, 6.45) is 1.88. The standard InChI is InChI=1S/C9H7FO3/c10-8-3-2-7(11)5-6(8)1-4-9(12)13/h1-5,11H,(H,12,13)/b4-1+. The Bertz CT molecular complexity index is 358. The molecule has 0 atom stereocenters. The minimum Gasteiger partial charge on any atom is -0.508 e. The molecule has 0 fully saturated rings. The van der Waals surface area contributed by atoms with E-state index >= 15 is 0 Å². The van der Waals surface area contributed by atoms with E-state index in [1.54, 1.807) is 0 Å². The Morgan fingerprint density at radius 2 is 2.15 bits per heavy atom. The molecular formula is C9H7FO3. The number of aromatic hydroxyl groups is 1. The average molecular weight is 182 g/mol. The van der Waals surface area contributed by atoms with E-state index in [2.05, 4.69) is 0 Å². The van der Waals surface area contributed by atoms with E-state index in [-0.39, 0.29) is 11.3 Å². The van der Waals surface area contributed by atoms with Gasteiger partial charge in [0, 0.05) is 11.6 Å². The van der Waals surface area contributed by atoms with Crippen molar-refractivity contribution in [3.63, 3.8) is 0 Å². The summed E-state index contributed by atoms with van der Waals surface area (Å²) in [7, 11) is 0. The number of hydrogen-bond acceptors (Lipinski definition) is 2. The zero-order chi connectivity index (χ0) is 9.84. The zero-order valence-electron chi connectivity index (χ0n) is 6.57. The van der Waals surface area contributed by atoms with Gasteiger partial charge in [-0.25, -0.2) is 9.18 Å². The van der Waals surface area contributed by atoms with Crippen LogP contribution in [0.3, 0.4) is 0 Å². The third-order valence-corrected chi connectivity index (χ3v) is 1.39. The van der Waals surface area contributed by atoms with Crippen molar-refractivity contribution in [2.24, 2.45) is 0 Å². The summed E-state index contributed by atoms with van der Waals surface area (Å²) in [4.78, 5) is 10.1. The van der Waals surface area contributed by atoms with Crippen LogP contribution in [0.5, 0.6) is 5.75 Å². The van der Waals surface area contributed by atoms with E-state index in [1.165, 1.54) is 6.07 Å². The SMILES string of the molecule is O=C(O)/C=C/c1cc(O)ccc1F. The minimum absolute atomic E-state index is 0.0439. The van der Waals surface area contributed by atoms with Crippen LogP contribution in [0.2, 0.25) is 0 Å². The lowest BCUT2D eigenvalue weighted by atomic mass is 10.2. The van der Waals surface area contributed by atoms with E-state index < -0.39 is 11.8 Å². The van der Waals surface area contributed by atoms with Crippen molar-refractivity contribution in [2.45, 2.75) is 0 Å². The second kappa shape index (κ2) is 3.71. The Hall–Kier alpha value is -1.84. The quantitative estimate of drug-likeness (QED) is 0.683. The number of phenolic OH excluding ortho intramolecular Hbond substituents is 1. The van der Waals surface area contributed by atoms with Crippen molar-refractivity contribution >= 4 is 12.0 Å². The summed E-state index contributed by atoms with van der Waals surface area (Å²) < 4.78 is 12.9. The van der Waals surface area contributed by atoms with Gasteiger partial charge in [0.1, 0.15) is 11.6 Å². The monoisotopic (exact) mass is 182 g/mol. The maximum absolute atomic E-state index is 12.9. The number of halogens is 1. The van der Waals surface area contributed by atoms with E-state index in [0.717, 1.165) is 24.3 Å². The predicted molar refractivity (Wildman–Crippen MR) is 44.7 cm³/mol. The second-order valence-electron chi connectivity index (χ2n) is 2.38. The number of carbonyl (C=O) groups is 1. The molecule has 0 amide bonds. The van der Waals surface area contributed by atoms with Crippen molar-refractivity contribution in [3.05, 3.63) is 35.7 Å². The molecule has 1 aromatic rings. The van der Waals surface area contributed by atoms with Crippen LogP contribution < -0.4 is 0 Å². The molecule has 0 unspecified atom stereocenters. The molecule has 0 saturated carbocycles. The normalized spacial score (nSPS) is 10.5. The molecule has 0 aliphatic rings. The number of carboxylic acids is 1. The first kappa shape index (κ1) is 9.25. The molecule has 2 N–H and O–H groups in total. The first-order valence-electron chi connectivity index (χ1n) is 3.49. The van der Waals surface area contributed by atoms with Crippen LogP contribution in [0.15, 0.2) is 24.3 Å². The van der Waals surface area contributed by atoms with Crippen molar-refractivity contribution in [1.82, 2.24) is 0 Å². The van der Waals surface area contributed by atoms with Gasteiger partial charge in [-0.1, -0.05) is 0 Å². The van der Waals surface area contributed by atoms with Gasteiger partial charge in [0.2, 0.25) is 0 Å². The molecule has 3 nitrogen and oxygen atoms in total. The van der Waals surface area contributed by atoms with Crippen LogP contribution in [0.1, 0.15) is 5.56 Å². The minimum atomic E-state index is -1.16. The lowest BCUT2D eigenvalue weighted by Crippen LogP contribution is -1.87. The van der Waals surface area contributed by atoms with Gasteiger partial charge >= 0.3 is 5.97 Å². The molecular weight excluding hydrogens is 175 g/mol. The summed E-state index contributed by atoms with van der Waals surface area (Å²) in [5.41, 5.74) is 0.0439. The van der Waals surface area contributed by atoms with Gasteiger partial charge in [-0.3, -0.25) is 0 Å². The molecule has 0 aliphatic heterocycles. The summed E-state index contributed by atoms with van der Waals surface area (Å²) >= 11 is 0. The maximum Gasteiger partial charge on any atom is 0.328 e. The fraction of sp³-hybridized carbons (Fsp3) is 0. The van der Waals surface area contributed by atoms with E-state index in [9.17, 15) is 9.18 Å². The molecule has 1 rings (SSSR count). The highest BCUT2D eigenvalue weighted by molar-refractivity contribution is 5.85. The third kappa shape index (κ3) is 2.59. The highest BCUT2D eigenvalue weighted by Gasteiger charge is 1.99. The fourth-order valence-electron chi connectivity index (χ4n) is 0.820. The zero-order valence-corrected chi connectivity index (χ0v) is 6.57. The van der Waals surface area contributed by atoms with E-state index in [1.807, 2.05) is 0 Å². The van der Waals surface area contributed by atoms with Crippen molar-refractivity contribution in [1.29, 1.82) is 0 Å². The van der Waals surface area contributed by atoms with Gasteiger partial charge in [-0.05, 0) is 24.3 Å². The van der Waals surface area contributed by atoms with Gasteiger partial charge in [0.05, 0.1) is 0 Å². The van der Waals surface area contributed by atoms with E-state index in [0.29, 0.717) is 0 Å². The van der Waals surface area contributed by atoms with Gasteiger partial charge in [-0.15, -0.1) is 0 Å². The molecule has 0 saturated heterocycles. The molecule has 13 heavy (non-hydrogen) atoms. The molecule has 0 spiro atoms. The van der Waals surface area contributed by atoms with Crippen molar-refractivity contribution < 1.29 is 19.4 Å². The van der Waals surface area contributed by atoms with Crippen LogP contribution in [0.4, 0.5) is 4.39 Å². The van der Waals surface area contributed by atoms with Gasteiger partial charge in [0.15, 0.2) is 0 Å². The number of rotatable bonds is 2. The number of benzene rings is 1. The lowest BCUT2D eigenvalue weighted by Gasteiger charge is -1.96. The van der Waals surface area contributed by atoms with Crippen molar-refractivity contribution in [2.75, 3.05) is 0 Å². The summed E-state index contributed by atoms with van der Waals surface area (Å²) in [6.45, 7) is 0. The summed E-state index contributed by atoms with van der Waals surface area (Å²) in [5.74, 6) is -1.84. The highest BCUT2D eigenvalue weighted by atomic mass is 19.1. The molecule has 0 aromatic heterocycles. The van der Waals surface area contributed by atoms with Gasteiger partial charge < -0.3 is 10.2 Å². The molecule has 0 radical (unpaired) electrons. The Morgan fingerprint density at radius 1 is 1.46 bits per heavy atom. The second-order valence-corrected chi connectivity index (χ2v) is 2.38. The van der Waals surface area contributed by atoms with Crippen LogP contribution in [-0.2, 0) is 4.79 Å². The van der Waals surface area contributed by atoms with Crippen LogP contribution in [0.25, 0.3) is 6.08 Å². The van der Waals surface area contributed by atoms with Crippen LogP contribution >= 0.6 is 0 Å². The molecule has 1 aromatic carbocycles. The number of hydrogen-bond donors (Lipinski definition) is 2. The molecule has 4 heteroatoms. The average Bonchev–Trinajstić information content (AvgIpc) is 2.06. The first-order valence-corrected chi connectivity index (χ1v) is 3.49. The predicted octanol–water partition coefficient (Wildman–Crippen LogP) is 1.63. The van der Waals surface area contributed by atoms with Crippen molar-refractivity contribution in [3.8, 4) is 5.75 Å². The van der Waals surface area contributed by atoms with Gasteiger partial charge in [0.25, 0.3) is 0 Å². The Kier molecular flexibility index (Phi) is 2.64. The summed E-state index contributed by atoms with van der Waals surface area (Å²) in [5, 5.41) is 17.2. The fourth-order valence-corrected chi connectivity index (χ4v) is 0.820. The molecule has 0 heterocycles. The first-order chi connectivity index (χ1) is 6.09. The largest absolute Gasteiger partial charge is 0.508 e. The van der Waals surface area contributed by atoms with E-state index in [4.69, 9.17) is 10.2 Å². The Morgan fingerprint density at radius 3 is 2.77 bits per heavy atom. The lowest BCUT2D eigenvalue weighted by molar-refractivity contribution is -0.131. The van der Waals surface area contributed by atoms with Gasteiger partial charge in [-0.2, -0.15) is 0 Å². The molecule has 0 bridgehead atoms. The number of phenols is 1. The van der Waals surface area contributed by atoms with Crippen LogP contribution in [-0.4, -0.2) is 16.2 Å². The maximum atomic E-state index is 12.9. The smallest absolute Gasteiger partial charge is 0.328 e. The number of aliphatic carboxylic acids is 1. The topological polar surface area (TPSA) is 57.5 Å². The highest BCUT2D eigenvalue weighted by Crippen LogP contribution is 2.16. The third-order valence-electron chi connectivity index (χ3n) is 1.39. The Balaban J connectivity index is 3.00. The number of carboxylic acid groups (broad SMARTS) is 1. The summed E-state index contributed by atoms with van der Waals surface area (Å²) in [6, 6.07) is 3.40. The van der Waals surface area contributed by atoms with Crippen LogP contribution in [0, 0.1) is 5.82 Å². The Labute approximate surface area is 73.8 Å².